The Morgan fingerprint density at radius 1 is 1.53 bits per heavy atom. The average Bonchev–Trinajstić information content (AvgIpc) is 2.21. The second-order valence-electron chi connectivity index (χ2n) is 3.23. The summed E-state index contributed by atoms with van der Waals surface area (Å²) in [4.78, 5) is 12.6. The molecule has 0 fully saturated rings. The largest absolute Gasteiger partial charge is 0.492 e. The van der Waals surface area contributed by atoms with E-state index in [2.05, 4.69) is 0 Å². The standard InChI is InChI=1S/C11H11ClO2S/c1-2-14-10-6-11-7(5-8(10)12)9(13)3-4-15-11/h5-6H,2-4H2,1H3. The third-order valence-corrected chi connectivity index (χ3v) is 3.57. The number of ether oxygens (including phenoxy) is 1. The highest BCUT2D eigenvalue weighted by molar-refractivity contribution is 7.99. The summed E-state index contributed by atoms with van der Waals surface area (Å²) in [5, 5.41) is 0.520. The number of fused-ring (bicyclic) bond motifs is 1. The molecule has 0 aliphatic carbocycles. The van der Waals surface area contributed by atoms with Crippen molar-refractivity contribution in [2.24, 2.45) is 0 Å². The lowest BCUT2D eigenvalue weighted by Gasteiger charge is -2.16. The number of ketones is 1. The van der Waals surface area contributed by atoms with Crippen molar-refractivity contribution in [2.75, 3.05) is 12.4 Å². The molecule has 1 aromatic carbocycles. The minimum absolute atomic E-state index is 0.175. The fourth-order valence-corrected chi connectivity index (χ4v) is 2.77. The van der Waals surface area contributed by atoms with Crippen molar-refractivity contribution in [3.05, 3.63) is 22.7 Å². The maximum atomic E-state index is 11.6. The molecule has 2 nitrogen and oxygen atoms in total. The highest BCUT2D eigenvalue weighted by Crippen LogP contribution is 2.37. The van der Waals surface area contributed by atoms with E-state index < -0.39 is 0 Å². The maximum absolute atomic E-state index is 11.6. The van der Waals surface area contributed by atoms with E-state index in [4.69, 9.17) is 16.3 Å². The van der Waals surface area contributed by atoms with Gasteiger partial charge in [-0.05, 0) is 19.1 Å². The summed E-state index contributed by atoms with van der Waals surface area (Å²) in [5.74, 6) is 1.69. The van der Waals surface area contributed by atoms with Crippen LogP contribution in [0.1, 0.15) is 23.7 Å². The normalized spacial score (nSPS) is 14.9. The highest BCUT2D eigenvalue weighted by atomic mass is 35.5. The van der Waals surface area contributed by atoms with Gasteiger partial charge in [-0.25, -0.2) is 0 Å². The van der Waals surface area contributed by atoms with Crippen LogP contribution in [0, 0.1) is 0 Å². The molecule has 0 unspecified atom stereocenters. The van der Waals surface area contributed by atoms with Gasteiger partial charge < -0.3 is 4.74 Å². The van der Waals surface area contributed by atoms with Crippen molar-refractivity contribution in [3.8, 4) is 5.75 Å². The molecule has 0 saturated heterocycles. The van der Waals surface area contributed by atoms with Crippen molar-refractivity contribution in [1.82, 2.24) is 0 Å². The number of hydrogen-bond donors (Lipinski definition) is 0. The molecular formula is C11H11ClO2S. The Balaban J connectivity index is 2.44. The molecule has 0 N–H and O–H groups in total. The Morgan fingerprint density at radius 3 is 3.07 bits per heavy atom. The number of Topliss-reactive ketones (excluding diaryl/α,β-unsaturated/α-hetero) is 1. The predicted octanol–water partition coefficient (Wildman–Crippen LogP) is 3.42. The predicted molar refractivity (Wildman–Crippen MR) is 62.3 cm³/mol. The van der Waals surface area contributed by atoms with Crippen LogP contribution >= 0.6 is 23.4 Å². The van der Waals surface area contributed by atoms with E-state index in [0.29, 0.717) is 23.8 Å². The smallest absolute Gasteiger partial charge is 0.164 e. The van der Waals surface area contributed by atoms with Crippen LogP contribution in [-0.2, 0) is 0 Å². The lowest BCUT2D eigenvalue weighted by molar-refractivity contribution is 0.0984. The molecule has 0 aromatic heterocycles. The van der Waals surface area contributed by atoms with Gasteiger partial charge in [0.1, 0.15) is 5.75 Å². The maximum Gasteiger partial charge on any atom is 0.164 e. The Morgan fingerprint density at radius 2 is 2.33 bits per heavy atom. The third kappa shape index (κ3) is 2.13. The molecule has 0 bridgehead atoms. The summed E-state index contributed by atoms with van der Waals surface area (Å²) in [6.07, 6.45) is 0.599. The molecule has 1 aromatic rings. The number of halogens is 1. The second kappa shape index (κ2) is 4.45. The van der Waals surface area contributed by atoms with Gasteiger partial charge in [-0.2, -0.15) is 0 Å². The van der Waals surface area contributed by atoms with Gasteiger partial charge in [0.2, 0.25) is 0 Å². The van der Waals surface area contributed by atoms with Gasteiger partial charge in [0, 0.05) is 22.6 Å². The lowest BCUT2D eigenvalue weighted by Crippen LogP contribution is -2.08. The molecule has 1 aliphatic rings. The topological polar surface area (TPSA) is 26.3 Å². The molecule has 80 valence electrons. The summed E-state index contributed by atoms with van der Waals surface area (Å²) in [7, 11) is 0. The summed E-state index contributed by atoms with van der Waals surface area (Å²) in [6, 6.07) is 3.58. The molecule has 15 heavy (non-hydrogen) atoms. The van der Waals surface area contributed by atoms with Gasteiger partial charge in [0.05, 0.1) is 11.6 Å². The SMILES string of the molecule is CCOc1cc2c(cc1Cl)C(=O)CCS2. The van der Waals surface area contributed by atoms with Crippen molar-refractivity contribution in [3.63, 3.8) is 0 Å². The zero-order valence-corrected chi connectivity index (χ0v) is 9.95. The van der Waals surface area contributed by atoms with Gasteiger partial charge in [-0.15, -0.1) is 11.8 Å². The Hall–Kier alpha value is -0.670. The monoisotopic (exact) mass is 242 g/mol. The van der Waals surface area contributed by atoms with Gasteiger partial charge in [0.15, 0.2) is 5.78 Å². The number of rotatable bonds is 2. The van der Waals surface area contributed by atoms with E-state index in [0.717, 1.165) is 16.2 Å². The molecule has 1 aliphatic heterocycles. The number of carbonyl (C=O) groups excluding carboxylic acids is 1. The molecule has 4 heteroatoms. The first kappa shape index (κ1) is 10.8. The second-order valence-corrected chi connectivity index (χ2v) is 4.78. The first-order valence-corrected chi connectivity index (χ1v) is 6.21. The van der Waals surface area contributed by atoms with E-state index in [1.165, 1.54) is 0 Å². The zero-order chi connectivity index (χ0) is 10.8. The highest BCUT2D eigenvalue weighted by Gasteiger charge is 2.20. The van der Waals surface area contributed by atoms with Crippen LogP contribution in [0.15, 0.2) is 17.0 Å². The number of benzene rings is 1. The van der Waals surface area contributed by atoms with Crippen LogP contribution in [0.25, 0.3) is 0 Å². The first-order valence-electron chi connectivity index (χ1n) is 4.84. The molecular weight excluding hydrogens is 232 g/mol. The molecule has 1 heterocycles. The molecule has 2 rings (SSSR count). The molecule has 0 atom stereocenters. The number of carbonyl (C=O) groups is 1. The zero-order valence-electron chi connectivity index (χ0n) is 8.38. The van der Waals surface area contributed by atoms with Gasteiger partial charge in [-0.3, -0.25) is 4.79 Å². The van der Waals surface area contributed by atoms with Crippen LogP contribution in [0.5, 0.6) is 5.75 Å². The Labute approximate surface area is 98.0 Å². The molecule has 0 saturated carbocycles. The van der Waals surface area contributed by atoms with Gasteiger partial charge in [0.25, 0.3) is 0 Å². The van der Waals surface area contributed by atoms with Crippen LogP contribution in [0.2, 0.25) is 5.02 Å². The van der Waals surface area contributed by atoms with Crippen LogP contribution in [0.4, 0.5) is 0 Å². The van der Waals surface area contributed by atoms with Crippen molar-refractivity contribution < 1.29 is 9.53 Å². The molecule has 0 radical (unpaired) electrons. The Kier molecular flexibility index (Phi) is 3.22. The fraction of sp³-hybridized carbons (Fsp3) is 0.364. The minimum Gasteiger partial charge on any atom is -0.492 e. The van der Waals surface area contributed by atoms with E-state index in [9.17, 15) is 4.79 Å². The fourth-order valence-electron chi connectivity index (χ4n) is 1.53. The minimum atomic E-state index is 0.175. The van der Waals surface area contributed by atoms with Crippen LogP contribution in [0.3, 0.4) is 0 Å². The van der Waals surface area contributed by atoms with E-state index in [1.807, 2.05) is 13.0 Å². The molecule has 0 spiro atoms. The average molecular weight is 243 g/mol. The van der Waals surface area contributed by atoms with Crippen molar-refractivity contribution in [1.29, 1.82) is 0 Å². The Bertz CT molecular complexity index is 404. The summed E-state index contributed by atoms with van der Waals surface area (Å²) in [6.45, 7) is 2.49. The van der Waals surface area contributed by atoms with Gasteiger partial charge in [-0.1, -0.05) is 11.6 Å². The summed E-state index contributed by atoms with van der Waals surface area (Å²) in [5.41, 5.74) is 0.736. The first-order chi connectivity index (χ1) is 7.22. The van der Waals surface area contributed by atoms with Gasteiger partial charge >= 0.3 is 0 Å². The molecule has 0 amide bonds. The van der Waals surface area contributed by atoms with Crippen molar-refractivity contribution >= 4 is 29.1 Å². The number of thioether (sulfide) groups is 1. The summed E-state index contributed by atoms with van der Waals surface area (Å²) < 4.78 is 5.38. The van der Waals surface area contributed by atoms with Crippen LogP contribution in [-0.4, -0.2) is 18.1 Å². The van der Waals surface area contributed by atoms with E-state index in [1.54, 1.807) is 17.8 Å². The van der Waals surface area contributed by atoms with E-state index >= 15 is 0 Å². The third-order valence-electron chi connectivity index (χ3n) is 2.22. The van der Waals surface area contributed by atoms with E-state index in [-0.39, 0.29) is 5.78 Å². The van der Waals surface area contributed by atoms with Crippen LogP contribution < -0.4 is 4.74 Å². The lowest BCUT2D eigenvalue weighted by atomic mass is 10.1. The summed E-state index contributed by atoms with van der Waals surface area (Å²) >= 11 is 7.70. The van der Waals surface area contributed by atoms with Crippen molar-refractivity contribution in [2.45, 2.75) is 18.2 Å². The number of hydrogen-bond acceptors (Lipinski definition) is 3. The quantitative estimate of drug-likeness (QED) is 0.795.